The Morgan fingerprint density at radius 1 is 1.39 bits per heavy atom. The largest absolute Gasteiger partial charge is 0.506 e. The van der Waals surface area contributed by atoms with Crippen LogP contribution in [-0.4, -0.2) is 28.6 Å². The second-order valence-electron chi connectivity index (χ2n) is 5.24. The molecule has 1 aromatic carbocycles. The Hall–Kier alpha value is -1.07. The number of hydrogen-bond acceptors (Lipinski definition) is 3. The Balaban J connectivity index is 2.96. The molecule has 4 nitrogen and oxygen atoms in total. The molecule has 0 aliphatic carbocycles. The summed E-state index contributed by atoms with van der Waals surface area (Å²) in [5, 5.41) is 11.5. The fraction of sp³-hybridized carbons (Fsp3) is 0.462. The number of hydrogen-bond donors (Lipinski definition) is 2. The minimum atomic E-state index is -0.229. The van der Waals surface area contributed by atoms with Crippen LogP contribution in [0.5, 0.6) is 5.75 Å². The van der Waals surface area contributed by atoms with E-state index in [1.807, 2.05) is 27.8 Å². The van der Waals surface area contributed by atoms with Crippen molar-refractivity contribution in [3.63, 3.8) is 0 Å². The van der Waals surface area contributed by atoms with Gasteiger partial charge in [-0.3, -0.25) is 10.2 Å². The van der Waals surface area contributed by atoms with Crippen LogP contribution < -0.4 is 5.43 Å². The summed E-state index contributed by atoms with van der Waals surface area (Å²) in [6, 6.07) is 3.35. The van der Waals surface area contributed by atoms with Crippen LogP contribution in [0.25, 0.3) is 0 Å². The highest BCUT2D eigenvalue weighted by Gasteiger charge is 2.21. The molecule has 18 heavy (non-hydrogen) atoms. The maximum absolute atomic E-state index is 12.1. The average Bonchev–Trinajstić information content (AvgIpc) is 2.24. The van der Waals surface area contributed by atoms with Crippen LogP contribution in [0.15, 0.2) is 16.6 Å². The number of rotatable bonds is 2. The van der Waals surface area contributed by atoms with E-state index in [1.165, 1.54) is 0 Å². The number of amides is 1. The van der Waals surface area contributed by atoms with E-state index in [4.69, 9.17) is 0 Å². The molecule has 0 saturated carbocycles. The van der Waals surface area contributed by atoms with Gasteiger partial charge in [0.25, 0.3) is 5.91 Å². The second kappa shape index (κ2) is 5.28. The Kier molecular flexibility index (Phi) is 4.40. The van der Waals surface area contributed by atoms with Gasteiger partial charge < -0.3 is 5.11 Å². The number of phenolic OH excluding ortho intramolecular Hbond substituents is 1. The highest BCUT2D eigenvalue weighted by atomic mass is 79.9. The quantitative estimate of drug-likeness (QED) is 0.825. The zero-order valence-electron chi connectivity index (χ0n) is 11.3. The van der Waals surface area contributed by atoms with Gasteiger partial charge in [-0.25, -0.2) is 5.01 Å². The van der Waals surface area contributed by atoms with Crippen LogP contribution >= 0.6 is 15.9 Å². The summed E-state index contributed by atoms with van der Waals surface area (Å²) in [6.45, 7) is 7.71. The molecule has 0 aliphatic rings. The topological polar surface area (TPSA) is 52.6 Å². The second-order valence-corrected chi connectivity index (χ2v) is 6.09. The van der Waals surface area contributed by atoms with Crippen LogP contribution in [-0.2, 0) is 0 Å². The summed E-state index contributed by atoms with van der Waals surface area (Å²) in [4.78, 5) is 12.1. The van der Waals surface area contributed by atoms with Gasteiger partial charge in [-0.15, -0.1) is 0 Å². The van der Waals surface area contributed by atoms with Crippen molar-refractivity contribution in [3.8, 4) is 5.75 Å². The summed E-state index contributed by atoms with van der Waals surface area (Å²) in [5.74, 6) is -0.131. The summed E-state index contributed by atoms with van der Waals surface area (Å²) in [7, 11) is 1.81. The van der Waals surface area contributed by atoms with E-state index < -0.39 is 0 Å². The van der Waals surface area contributed by atoms with Crippen LogP contribution in [0.4, 0.5) is 0 Å². The summed E-state index contributed by atoms with van der Waals surface area (Å²) >= 11 is 3.22. The maximum atomic E-state index is 12.1. The van der Waals surface area contributed by atoms with Gasteiger partial charge in [-0.05, 0) is 55.8 Å². The molecule has 0 heterocycles. The average molecular weight is 315 g/mol. The molecule has 1 amide bonds. The van der Waals surface area contributed by atoms with Crippen molar-refractivity contribution in [3.05, 3.63) is 27.7 Å². The van der Waals surface area contributed by atoms with Gasteiger partial charge >= 0.3 is 0 Å². The lowest BCUT2D eigenvalue weighted by atomic mass is 10.1. The number of aromatic hydroxyl groups is 1. The molecule has 100 valence electrons. The van der Waals surface area contributed by atoms with Crippen molar-refractivity contribution in [1.82, 2.24) is 10.4 Å². The Morgan fingerprint density at radius 2 is 1.94 bits per heavy atom. The number of halogens is 1. The highest BCUT2D eigenvalue weighted by Crippen LogP contribution is 2.29. The van der Waals surface area contributed by atoms with Crippen molar-refractivity contribution in [1.29, 1.82) is 0 Å². The standard InChI is InChI=1S/C13H19BrN2O2/c1-8-9(6-7-10(14)11(8)17)12(18)15-16(5)13(2,3)4/h6-7,17H,1-5H3,(H,15,18). The van der Waals surface area contributed by atoms with E-state index in [0.29, 0.717) is 15.6 Å². The van der Waals surface area contributed by atoms with E-state index in [9.17, 15) is 9.90 Å². The Bertz CT molecular complexity index is 467. The first kappa shape index (κ1) is 15.0. The van der Waals surface area contributed by atoms with Crippen LogP contribution in [0.2, 0.25) is 0 Å². The van der Waals surface area contributed by atoms with Crippen molar-refractivity contribution in [2.24, 2.45) is 0 Å². The summed E-state index contributed by atoms with van der Waals surface area (Å²) < 4.78 is 0.584. The molecule has 5 heteroatoms. The van der Waals surface area contributed by atoms with E-state index in [1.54, 1.807) is 24.1 Å². The molecule has 0 radical (unpaired) electrons. The van der Waals surface area contributed by atoms with E-state index in [0.717, 1.165) is 0 Å². The predicted octanol–water partition coefficient (Wildman–Crippen LogP) is 2.84. The molecule has 0 unspecified atom stereocenters. The lowest BCUT2D eigenvalue weighted by Gasteiger charge is -2.32. The zero-order valence-corrected chi connectivity index (χ0v) is 12.9. The van der Waals surface area contributed by atoms with Crippen molar-refractivity contribution < 1.29 is 9.90 Å². The van der Waals surface area contributed by atoms with E-state index >= 15 is 0 Å². The molecule has 1 aromatic rings. The number of hydrazine groups is 1. The van der Waals surface area contributed by atoms with Gasteiger partial charge in [0.2, 0.25) is 0 Å². The number of phenols is 1. The maximum Gasteiger partial charge on any atom is 0.265 e. The molecule has 0 fully saturated rings. The first-order valence-electron chi connectivity index (χ1n) is 5.67. The molecule has 0 bridgehead atoms. The number of nitrogens with one attached hydrogen (secondary N) is 1. The Morgan fingerprint density at radius 3 is 2.44 bits per heavy atom. The lowest BCUT2D eigenvalue weighted by Crippen LogP contribution is -2.50. The number of carbonyl (C=O) groups excluding carboxylic acids is 1. The lowest BCUT2D eigenvalue weighted by molar-refractivity contribution is 0.0642. The van der Waals surface area contributed by atoms with Crippen LogP contribution in [0.1, 0.15) is 36.7 Å². The molecule has 0 atom stereocenters. The van der Waals surface area contributed by atoms with Gasteiger partial charge in [0, 0.05) is 23.7 Å². The minimum absolute atomic E-state index is 0.0982. The normalized spacial score (nSPS) is 11.7. The van der Waals surface area contributed by atoms with E-state index in [2.05, 4.69) is 21.4 Å². The SMILES string of the molecule is Cc1c(C(=O)NN(C)C(C)(C)C)ccc(Br)c1O. The molecule has 0 aliphatic heterocycles. The van der Waals surface area contributed by atoms with E-state index in [-0.39, 0.29) is 17.2 Å². The third kappa shape index (κ3) is 3.23. The third-order valence-electron chi connectivity index (χ3n) is 2.90. The highest BCUT2D eigenvalue weighted by molar-refractivity contribution is 9.10. The molecule has 0 spiro atoms. The first-order valence-corrected chi connectivity index (χ1v) is 6.46. The van der Waals surface area contributed by atoms with Gasteiger partial charge in [-0.1, -0.05) is 0 Å². The van der Waals surface area contributed by atoms with Gasteiger partial charge in [-0.2, -0.15) is 0 Å². The van der Waals surface area contributed by atoms with Gasteiger partial charge in [0.15, 0.2) is 0 Å². The van der Waals surface area contributed by atoms with Crippen LogP contribution in [0.3, 0.4) is 0 Å². The fourth-order valence-corrected chi connectivity index (χ4v) is 1.72. The van der Waals surface area contributed by atoms with Crippen molar-refractivity contribution >= 4 is 21.8 Å². The molecular weight excluding hydrogens is 296 g/mol. The molecule has 0 aromatic heterocycles. The summed E-state index contributed by atoms with van der Waals surface area (Å²) in [6.07, 6.45) is 0. The van der Waals surface area contributed by atoms with Gasteiger partial charge in [0.1, 0.15) is 5.75 Å². The van der Waals surface area contributed by atoms with Crippen molar-refractivity contribution in [2.75, 3.05) is 7.05 Å². The molecule has 1 rings (SSSR count). The smallest absolute Gasteiger partial charge is 0.265 e. The number of nitrogens with zero attached hydrogens (tertiary/aromatic N) is 1. The number of carbonyl (C=O) groups is 1. The fourth-order valence-electron chi connectivity index (χ4n) is 1.29. The molecule has 0 saturated heterocycles. The zero-order chi connectivity index (χ0) is 14.1. The Labute approximate surface area is 116 Å². The van der Waals surface area contributed by atoms with Crippen LogP contribution in [0, 0.1) is 6.92 Å². The predicted molar refractivity (Wildman–Crippen MR) is 75.5 cm³/mol. The summed E-state index contributed by atoms with van der Waals surface area (Å²) in [5.41, 5.74) is 3.65. The monoisotopic (exact) mass is 314 g/mol. The minimum Gasteiger partial charge on any atom is -0.506 e. The first-order chi connectivity index (χ1) is 8.14. The number of benzene rings is 1. The molecular formula is C13H19BrN2O2. The molecule has 2 N–H and O–H groups in total. The van der Waals surface area contributed by atoms with Crippen molar-refractivity contribution in [2.45, 2.75) is 33.2 Å². The third-order valence-corrected chi connectivity index (χ3v) is 3.54. The van der Waals surface area contributed by atoms with Gasteiger partial charge in [0.05, 0.1) is 4.47 Å².